The molecule has 0 amide bonds. The standard InChI is InChI=1S/C22H18ClF3N4O5/c1-29-17-19(30(10-12(31)9-24)22(33)28-20(17)32)27-18(29)11-2-7-16(15(23)8-11)34-13-3-5-14(6-4-13)35-21(25)26/h2-8,12,21,31H,9-10H2,1H3,(H,28,32,33). The molecule has 1 atom stereocenters. The lowest BCUT2D eigenvalue weighted by Gasteiger charge is -2.10. The number of aromatic nitrogens is 4. The van der Waals surface area contributed by atoms with Gasteiger partial charge in [-0.15, -0.1) is 0 Å². The fourth-order valence-electron chi connectivity index (χ4n) is 3.47. The Hall–Kier alpha value is -3.77. The van der Waals surface area contributed by atoms with Gasteiger partial charge in [-0.3, -0.25) is 14.3 Å². The van der Waals surface area contributed by atoms with Crippen molar-refractivity contribution in [2.75, 3.05) is 6.67 Å². The number of halogens is 4. The normalized spacial score (nSPS) is 12.3. The monoisotopic (exact) mass is 510 g/mol. The zero-order chi connectivity index (χ0) is 25.3. The molecule has 0 aliphatic carbocycles. The van der Waals surface area contributed by atoms with E-state index in [-0.39, 0.29) is 33.5 Å². The van der Waals surface area contributed by atoms with Crippen LogP contribution in [0.5, 0.6) is 17.2 Å². The third-order valence-corrected chi connectivity index (χ3v) is 5.35. The van der Waals surface area contributed by atoms with Crippen molar-refractivity contribution in [3.63, 3.8) is 0 Å². The molecule has 0 aliphatic heterocycles. The summed E-state index contributed by atoms with van der Waals surface area (Å²) in [7, 11) is 1.56. The van der Waals surface area contributed by atoms with Crippen molar-refractivity contribution in [2.45, 2.75) is 19.3 Å². The average Bonchev–Trinajstić information content (AvgIpc) is 3.16. The van der Waals surface area contributed by atoms with Gasteiger partial charge < -0.3 is 19.1 Å². The molecule has 0 bridgehead atoms. The Morgan fingerprint density at radius 3 is 2.46 bits per heavy atom. The first-order valence-electron chi connectivity index (χ1n) is 10.1. The first-order chi connectivity index (χ1) is 16.7. The van der Waals surface area contributed by atoms with Gasteiger partial charge in [-0.2, -0.15) is 8.78 Å². The molecule has 2 aromatic heterocycles. The number of benzene rings is 2. The molecule has 2 aromatic carbocycles. The number of hydrogen-bond donors (Lipinski definition) is 2. The molecule has 184 valence electrons. The summed E-state index contributed by atoms with van der Waals surface area (Å²) < 4.78 is 49.8. The lowest BCUT2D eigenvalue weighted by atomic mass is 10.2. The van der Waals surface area contributed by atoms with Gasteiger partial charge in [-0.05, 0) is 42.5 Å². The van der Waals surface area contributed by atoms with Crippen LogP contribution in [0, 0.1) is 0 Å². The summed E-state index contributed by atoms with van der Waals surface area (Å²) in [6.45, 7) is -4.41. The molecule has 4 aromatic rings. The highest BCUT2D eigenvalue weighted by Gasteiger charge is 2.20. The van der Waals surface area contributed by atoms with Gasteiger partial charge in [0.2, 0.25) is 0 Å². The van der Waals surface area contributed by atoms with Gasteiger partial charge in [0.05, 0.1) is 11.6 Å². The lowest BCUT2D eigenvalue weighted by Crippen LogP contribution is -2.34. The van der Waals surface area contributed by atoms with E-state index < -0.39 is 37.2 Å². The van der Waals surface area contributed by atoms with Gasteiger partial charge in [0.15, 0.2) is 11.2 Å². The summed E-state index contributed by atoms with van der Waals surface area (Å²) in [5.41, 5.74) is -1.01. The number of alkyl halides is 3. The highest BCUT2D eigenvalue weighted by atomic mass is 35.5. The van der Waals surface area contributed by atoms with E-state index >= 15 is 0 Å². The minimum Gasteiger partial charge on any atom is -0.456 e. The van der Waals surface area contributed by atoms with Gasteiger partial charge in [-0.1, -0.05) is 11.6 Å². The Labute approximate surface area is 199 Å². The van der Waals surface area contributed by atoms with Gasteiger partial charge in [0.1, 0.15) is 35.9 Å². The number of imidazole rings is 1. The first-order valence-corrected chi connectivity index (χ1v) is 10.5. The van der Waals surface area contributed by atoms with Crippen LogP contribution in [0.15, 0.2) is 52.1 Å². The van der Waals surface area contributed by atoms with Gasteiger partial charge in [0, 0.05) is 12.6 Å². The Balaban J connectivity index is 1.68. The predicted molar refractivity (Wildman–Crippen MR) is 121 cm³/mol. The summed E-state index contributed by atoms with van der Waals surface area (Å²) in [6, 6.07) is 10.2. The molecular formula is C22H18ClF3N4O5. The van der Waals surface area contributed by atoms with Crippen LogP contribution in [-0.2, 0) is 13.6 Å². The summed E-state index contributed by atoms with van der Waals surface area (Å²) in [6.07, 6.45) is -1.45. The molecule has 0 aliphatic rings. The van der Waals surface area contributed by atoms with E-state index in [1.54, 1.807) is 19.2 Å². The van der Waals surface area contributed by atoms with Crippen LogP contribution in [0.1, 0.15) is 0 Å². The fraction of sp³-hybridized carbons (Fsp3) is 0.227. The van der Waals surface area contributed by atoms with Crippen molar-refractivity contribution in [3.8, 4) is 28.6 Å². The van der Waals surface area contributed by atoms with Crippen LogP contribution < -0.4 is 20.7 Å². The Morgan fingerprint density at radius 2 is 1.83 bits per heavy atom. The summed E-state index contributed by atoms with van der Waals surface area (Å²) in [5, 5.41) is 9.85. The molecule has 9 nitrogen and oxygen atoms in total. The minimum absolute atomic E-state index is 0.0219. The summed E-state index contributed by atoms with van der Waals surface area (Å²) in [5.74, 6) is 0.841. The smallest absolute Gasteiger partial charge is 0.387 e. The van der Waals surface area contributed by atoms with E-state index in [9.17, 15) is 27.9 Å². The average molecular weight is 511 g/mol. The number of hydrogen-bond acceptors (Lipinski definition) is 6. The van der Waals surface area contributed by atoms with Crippen LogP contribution >= 0.6 is 11.6 Å². The topological polar surface area (TPSA) is 111 Å². The molecule has 13 heteroatoms. The molecule has 0 saturated carbocycles. The van der Waals surface area contributed by atoms with E-state index in [2.05, 4.69) is 14.7 Å². The van der Waals surface area contributed by atoms with Crippen LogP contribution in [0.25, 0.3) is 22.6 Å². The largest absolute Gasteiger partial charge is 0.456 e. The van der Waals surface area contributed by atoms with E-state index in [1.165, 1.54) is 34.9 Å². The van der Waals surface area contributed by atoms with Crippen LogP contribution in [0.3, 0.4) is 0 Å². The zero-order valence-corrected chi connectivity index (χ0v) is 18.8. The third-order valence-electron chi connectivity index (χ3n) is 5.05. The number of rotatable bonds is 8. The van der Waals surface area contributed by atoms with Crippen molar-refractivity contribution in [1.82, 2.24) is 19.1 Å². The zero-order valence-electron chi connectivity index (χ0n) is 18.0. The molecule has 1 unspecified atom stereocenters. The van der Waals surface area contributed by atoms with E-state index in [0.717, 1.165) is 4.57 Å². The quantitative estimate of drug-likeness (QED) is 0.375. The van der Waals surface area contributed by atoms with E-state index in [1.807, 2.05) is 0 Å². The maximum Gasteiger partial charge on any atom is 0.387 e. The van der Waals surface area contributed by atoms with Crippen molar-refractivity contribution in [1.29, 1.82) is 0 Å². The molecule has 35 heavy (non-hydrogen) atoms. The van der Waals surface area contributed by atoms with Crippen molar-refractivity contribution >= 4 is 22.8 Å². The number of aliphatic hydroxyl groups excluding tert-OH is 1. The molecule has 0 radical (unpaired) electrons. The Kier molecular flexibility index (Phi) is 6.85. The summed E-state index contributed by atoms with van der Waals surface area (Å²) in [4.78, 5) is 31.2. The number of ether oxygens (including phenoxy) is 2. The number of aromatic amines is 1. The predicted octanol–water partition coefficient (Wildman–Crippen LogP) is 3.47. The Bertz CT molecular complexity index is 1480. The van der Waals surface area contributed by atoms with Crippen LogP contribution in [0.4, 0.5) is 13.2 Å². The molecule has 0 fully saturated rings. The second kappa shape index (κ2) is 9.84. The molecule has 2 heterocycles. The SMILES string of the molecule is Cn1c(-c2ccc(Oc3ccc(OC(F)F)cc3)c(Cl)c2)nc2c1c(=O)[nH]c(=O)n2CC(O)CF. The maximum absolute atomic E-state index is 12.8. The number of aryl methyl sites for hydroxylation is 1. The number of aliphatic hydroxyl groups is 1. The van der Waals surface area contributed by atoms with E-state index in [0.29, 0.717) is 11.3 Å². The number of H-pyrrole nitrogens is 1. The second-order valence-corrected chi connectivity index (χ2v) is 7.85. The van der Waals surface area contributed by atoms with Crippen molar-refractivity contribution in [3.05, 3.63) is 68.3 Å². The highest BCUT2D eigenvalue weighted by Crippen LogP contribution is 2.34. The third kappa shape index (κ3) is 5.03. The molecule has 0 saturated heterocycles. The van der Waals surface area contributed by atoms with Crippen molar-refractivity contribution in [2.24, 2.45) is 7.05 Å². The lowest BCUT2D eigenvalue weighted by molar-refractivity contribution is -0.0498. The molecular weight excluding hydrogens is 493 g/mol. The van der Waals surface area contributed by atoms with Crippen LogP contribution in [-0.4, -0.2) is 43.6 Å². The molecule has 0 spiro atoms. The summed E-state index contributed by atoms with van der Waals surface area (Å²) >= 11 is 6.37. The van der Waals surface area contributed by atoms with Gasteiger partial charge in [0.25, 0.3) is 5.56 Å². The van der Waals surface area contributed by atoms with Crippen molar-refractivity contribution < 1.29 is 27.8 Å². The second-order valence-electron chi connectivity index (χ2n) is 7.44. The van der Waals surface area contributed by atoms with Crippen LogP contribution in [0.2, 0.25) is 5.02 Å². The number of nitrogens with zero attached hydrogens (tertiary/aromatic N) is 3. The molecule has 4 rings (SSSR count). The van der Waals surface area contributed by atoms with E-state index in [4.69, 9.17) is 16.3 Å². The number of nitrogens with one attached hydrogen (secondary N) is 1. The van der Waals surface area contributed by atoms with Gasteiger partial charge in [-0.25, -0.2) is 14.2 Å². The van der Waals surface area contributed by atoms with Gasteiger partial charge >= 0.3 is 12.3 Å². The fourth-order valence-corrected chi connectivity index (χ4v) is 3.69. The Morgan fingerprint density at radius 1 is 1.14 bits per heavy atom. The minimum atomic E-state index is -2.94. The first kappa shape index (κ1) is 24.4. The number of fused-ring (bicyclic) bond motifs is 1. The maximum atomic E-state index is 12.8. The molecule has 2 N–H and O–H groups in total. The highest BCUT2D eigenvalue weighted by molar-refractivity contribution is 6.32.